The maximum Gasteiger partial charge on any atom is 0.335 e. The van der Waals surface area contributed by atoms with Gasteiger partial charge in [-0.3, -0.25) is 0 Å². The predicted octanol–water partition coefficient (Wildman–Crippen LogP) is 1.17. The van der Waals surface area contributed by atoms with Crippen molar-refractivity contribution in [3.05, 3.63) is 23.3 Å². The Morgan fingerprint density at radius 2 is 2.06 bits per heavy atom. The molecule has 0 amide bonds. The lowest BCUT2D eigenvalue weighted by molar-refractivity contribution is 0.0696. The van der Waals surface area contributed by atoms with Crippen LogP contribution in [0.2, 0.25) is 0 Å². The normalized spacial score (nSPS) is 11.2. The van der Waals surface area contributed by atoms with Gasteiger partial charge in [0.1, 0.15) is 0 Å². The van der Waals surface area contributed by atoms with Crippen molar-refractivity contribution in [2.24, 2.45) is 0 Å². The van der Waals surface area contributed by atoms with Crippen LogP contribution in [0.15, 0.2) is 12.1 Å². The zero-order valence-electron chi connectivity index (χ0n) is 8.68. The van der Waals surface area contributed by atoms with Gasteiger partial charge in [-0.15, -0.1) is 0 Å². The van der Waals surface area contributed by atoms with E-state index in [2.05, 4.69) is 0 Å². The molecular formula is C9H9ClO6S. The highest BCUT2D eigenvalue weighted by Gasteiger charge is 2.18. The van der Waals surface area contributed by atoms with Crippen LogP contribution in [0, 0.1) is 0 Å². The second-order valence-corrected chi connectivity index (χ2v) is 5.95. The minimum Gasteiger partial charge on any atom is -0.504 e. The van der Waals surface area contributed by atoms with Gasteiger partial charge < -0.3 is 14.9 Å². The van der Waals surface area contributed by atoms with Crippen LogP contribution in [-0.2, 0) is 14.8 Å². The number of phenolic OH excluding ortho intramolecular Hbond substituents is 1. The minimum atomic E-state index is -3.90. The molecule has 0 saturated carbocycles. The molecule has 0 aliphatic rings. The Balaban J connectivity index is 3.37. The van der Waals surface area contributed by atoms with Gasteiger partial charge in [0.15, 0.2) is 11.5 Å². The molecule has 0 saturated heterocycles. The number of hydrogen-bond donors (Lipinski definition) is 2. The second-order valence-electron chi connectivity index (χ2n) is 3.17. The molecule has 0 spiro atoms. The van der Waals surface area contributed by atoms with E-state index in [0.29, 0.717) is 0 Å². The number of benzene rings is 1. The zero-order chi connectivity index (χ0) is 13.2. The van der Waals surface area contributed by atoms with Gasteiger partial charge in [-0.1, -0.05) is 0 Å². The Morgan fingerprint density at radius 3 is 2.47 bits per heavy atom. The van der Waals surface area contributed by atoms with Gasteiger partial charge in [0.05, 0.1) is 18.4 Å². The van der Waals surface area contributed by atoms with Crippen LogP contribution in [0.4, 0.5) is 0 Å². The van der Waals surface area contributed by atoms with Crippen LogP contribution in [0.5, 0.6) is 11.5 Å². The highest BCUT2D eigenvalue weighted by Crippen LogP contribution is 2.33. The standard InChI is InChI=1S/C9H9ClO6S/c1-16-7-3-5(9(12)13)2-6(8(7)11)4-17(10,14)15/h2-3,11H,4H2,1H3,(H,12,13). The lowest BCUT2D eigenvalue weighted by Crippen LogP contribution is -2.02. The summed E-state index contributed by atoms with van der Waals surface area (Å²) in [4.78, 5) is 10.8. The van der Waals surface area contributed by atoms with Crippen LogP contribution in [0.1, 0.15) is 15.9 Å². The summed E-state index contributed by atoms with van der Waals surface area (Å²) in [5.74, 6) is -2.52. The molecule has 0 aromatic heterocycles. The number of rotatable bonds is 4. The van der Waals surface area contributed by atoms with E-state index in [1.165, 1.54) is 7.11 Å². The third kappa shape index (κ3) is 3.50. The van der Waals surface area contributed by atoms with E-state index in [1.54, 1.807) is 0 Å². The molecule has 1 aromatic carbocycles. The average molecular weight is 281 g/mol. The van der Waals surface area contributed by atoms with Gasteiger partial charge in [0.2, 0.25) is 9.05 Å². The number of halogens is 1. The van der Waals surface area contributed by atoms with Crippen LogP contribution in [-0.4, -0.2) is 31.7 Å². The van der Waals surface area contributed by atoms with Gasteiger partial charge in [0, 0.05) is 16.2 Å². The monoisotopic (exact) mass is 280 g/mol. The summed E-state index contributed by atoms with van der Waals surface area (Å²) in [7, 11) is 2.36. The molecule has 0 atom stereocenters. The first-order chi connectivity index (χ1) is 7.74. The van der Waals surface area contributed by atoms with Crippen molar-refractivity contribution in [1.29, 1.82) is 0 Å². The first-order valence-electron chi connectivity index (χ1n) is 4.30. The summed E-state index contributed by atoms with van der Waals surface area (Å²) in [6.07, 6.45) is 0. The summed E-state index contributed by atoms with van der Waals surface area (Å²) in [5.41, 5.74) is -0.327. The van der Waals surface area contributed by atoms with Crippen molar-refractivity contribution in [3.63, 3.8) is 0 Å². The molecule has 2 N–H and O–H groups in total. The molecule has 0 fully saturated rings. The molecule has 17 heavy (non-hydrogen) atoms. The van der Waals surface area contributed by atoms with Crippen molar-refractivity contribution in [2.45, 2.75) is 5.75 Å². The van der Waals surface area contributed by atoms with Gasteiger partial charge in [0.25, 0.3) is 0 Å². The highest BCUT2D eigenvalue weighted by molar-refractivity contribution is 8.13. The maximum absolute atomic E-state index is 10.9. The largest absolute Gasteiger partial charge is 0.504 e. The summed E-state index contributed by atoms with van der Waals surface area (Å²) in [6, 6.07) is 2.11. The van der Waals surface area contributed by atoms with Gasteiger partial charge in [-0.2, -0.15) is 0 Å². The highest BCUT2D eigenvalue weighted by atomic mass is 35.7. The number of ether oxygens (including phenoxy) is 1. The van der Waals surface area contributed by atoms with E-state index >= 15 is 0 Å². The van der Waals surface area contributed by atoms with Crippen molar-refractivity contribution >= 4 is 25.7 Å². The summed E-state index contributed by atoms with van der Waals surface area (Å²) in [5, 5.41) is 18.4. The number of hydrogen-bond acceptors (Lipinski definition) is 5. The molecular weight excluding hydrogens is 272 g/mol. The third-order valence-corrected chi connectivity index (χ3v) is 2.93. The molecule has 0 heterocycles. The van der Waals surface area contributed by atoms with E-state index in [4.69, 9.17) is 20.5 Å². The summed E-state index contributed by atoms with van der Waals surface area (Å²) >= 11 is 0. The SMILES string of the molecule is COc1cc(C(=O)O)cc(CS(=O)(=O)Cl)c1O. The van der Waals surface area contributed by atoms with Crippen LogP contribution < -0.4 is 4.74 Å². The molecule has 94 valence electrons. The van der Waals surface area contributed by atoms with E-state index in [9.17, 15) is 18.3 Å². The molecule has 1 aromatic rings. The number of aromatic carboxylic acids is 1. The first kappa shape index (κ1) is 13.6. The topological polar surface area (TPSA) is 101 Å². The Bertz CT molecular complexity index is 551. The van der Waals surface area contributed by atoms with E-state index in [1.807, 2.05) is 0 Å². The Morgan fingerprint density at radius 1 is 1.47 bits per heavy atom. The Kier molecular flexibility index (Phi) is 3.84. The molecule has 0 aliphatic carbocycles. The maximum atomic E-state index is 10.9. The molecule has 8 heteroatoms. The zero-order valence-corrected chi connectivity index (χ0v) is 10.2. The van der Waals surface area contributed by atoms with Crippen molar-refractivity contribution < 1.29 is 28.2 Å². The summed E-state index contributed by atoms with van der Waals surface area (Å²) < 4.78 is 26.5. The number of phenols is 1. The number of carboxylic acids is 1. The number of carbonyl (C=O) groups is 1. The third-order valence-electron chi connectivity index (χ3n) is 1.95. The average Bonchev–Trinajstić information content (AvgIpc) is 2.18. The second kappa shape index (κ2) is 4.80. The fourth-order valence-electron chi connectivity index (χ4n) is 1.24. The van der Waals surface area contributed by atoms with E-state index < -0.39 is 26.5 Å². The summed E-state index contributed by atoms with van der Waals surface area (Å²) in [6.45, 7) is 0. The number of aromatic hydroxyl groups is 1. The van der Waals surface area contributed by atoms with Crippen molar-refractivity contribution in [1.82, 2.24) is 0 Å². The van der Waals surface area contributed by atoms with Crippen LogP contribution >= 0.6 is 10.7 Å². The predicted molar refractivity (Wildman–Crippen MR) is 60.1 cm³/mol. The van der Waals surface area contributed by atoms with Crippen LogP contribution in [0.25, 0.3) is 0 Å². The fourth-order valence-corrected chi connectivity index (χ4v) is 2.18. The minimum absolute atomic E-state index is 0.125. The van der Waals surface area contributed by atoms with Gasteiger partial charge in [-0.05, 0) is 12.1 Å². The molecule has 0 radical (unpaired) electrons. The number of carboxylic acid groups (broad SMARTS) is 1. The first-order valence-corrected chi connectivity index (χ1v) is 6.78. The Labute approximate surface area is 102 Å². The van der Waals surface area contributed by atoms with Crippen LogP contribution in [0.3, 0.4) is 0 Å². The van der Waals surface area contributed by atoms with Crippen molar-refractivity contribution in [2.75, 3.05) is 7.11 Å². The van der Waals surface area contributed by atoms with E-state index in [0.717, 1.165) is 12.1 Å². The van der Waals surface area contributed by atoms with Crippen molar-refractivity contribution in [3.8, 4) is 11.5 Å². The molecule has 0 unspecified atom stereocenters. The van der Waals surface area contributed by atoms with Gasteiger partial charge >= 0.3 is 5.97 Å². The molecule has 1 rings (SSSR count). The lowest BCUT2D eigenvalue weighted by Gasteiger charge is -2.09. The molecule has 6 nitrogen and oxygen atoms in total. The quantitative estimate of drug-likeness (QED) is 0.803. The molecule has 0 aliphatic heterocycles. The van der Waals surface area contributed by atoms with Gasteiger partial charge in [-0.25, -0.2) is 13.2 Å². The lowest BCUT2D eigenvalue weighted by atomic mass is 10.1. The number of methoxy groups -OCH3 is 1. The smallest absolute Gasteiger partial charge is 0.335 e. The molecule has 0 bridgehead atoms. The Hall–Kier alpha value is -1.47. The fraction of sp³-hybridized carbons (Fsp3) is 0.222. The van der Waals surface area contributed by atoms with E-state index in [-0.39, 0.29) is 16.9 Å².